The molecular formula is C30H35FS. The van der Waals surface area contributed by atoms with E-state index in [1.54, 1.807) is 17.4 Å². The van der Waals surface area contributed by atoms with E-state index in [2.05, 4.69) is 49.4 Å². The predicted octanol–water partition coefficient (Wildman–Crippen LogP) is 9.64. The SMILES string of the molecule is CCCC1CCC(Cc2ccc(-c3ccc(-c4ccc(C5CCCC5)cc4)cc3F)s2)C1. The maximum Gasteiger partial charge on any atom is 0.132 e. The first-order valence-corrected chi connectivity index (χ1v) is 13.5. The zero-order valence-electron chi connectivity index (χ0n) is 19.3. The molecule has 0 radical (unpaired) electrons. The first-order chi connectivity index (χ1) is 15.7. The van der Waals surface area contributed by atoms with Crippen LogP contribution >= 0.6 is 11.3 Å². The third-order valence-corrected chi connectivity index (χ3v) is 8.94. The van der Waals surface area contributed by atoms with Crippen molar-refractivity contribution in [2.24, 2.45) is 11.8 Å². The lowest BCUT2D eigenvalue weighted by molar-refractivity contribution is 0.460. The summed E-state index contributed by atoms with van der Waals surface area (Å²) in [7, 11) is 0. The summed E-state index contributed by atoms with van der Waals surface area (Å²) < 4.78 is 15.1. The van der Waals surface area contributed by atoms with Crippen LogP contribution in [-0.4, -0.2) is 0 Å². The Morgan fingerprint density at radius 2 is 1.59 bits per heavy atom. The van der Waals surface area contributed by atoms with Crippen molar-refractivity contribution in [2.75, 3.05) is 0 Å². The van der Waals surface area contributed by atoms with Crippen LogP contribution in [0.3, 0.4) is 0 Å². The van der Waals surface area contributed by atoms with E-state index in [0.29, 0.717) is 0 Å². The largest absolute Gasteiger partial charge is 0.206 e. The maximum atomic E-state index is 15.1. The molecule has 0 bridgehead atoms. The second-order valence-corrected chi connectivity index (χ2v) is 11.3. The average Bonchev–Trinajstić information content (AvgIpc) is 3.57. The van der Waals surface area contributed by atoms with Gasteiger partial charge in [0.2, 0.25) is 0 Å². The molecule has 2 unspecified atom stereocenters. The van der Waals surface area contributed by atoms with Gasteiger partial charge >= 0.3 is 0 Å². The van der Waals surface area contributed by atoms with Gasteiger partial charge in [0.05, 0.1) is 0 Å². The summed E-state index contributed by atoms with van der Waals surface area (Å²) in [6, 6.07) is 18.9. The van der Waals surface area contributed by atoms with Crippen LogP contribution in [0.4, 0.5) is 4.39 Å². The topological polar surface area (TPSA) is 0 Å². The number of benzene rings is 2. The lowest BCUT2D eigenvalue weighted by Crippen LogP contribution is -1.99. The molecule has 168 valence electrons. The fourth-order valence-electron chi connectivity index (χ4n) is 6.05. The molecule has 2 atom stereocenters. The summed E-state index contributed by atoms with van der Waals surface area (Å²) in [6.45, 7) is 2.30. The quantitative estimate of drug-likeness (QED) is 0.339. The number of halogens is 1. The summed E-state index contributed by atoms with van der Waals surface area (Å²) in [5.74, 6) is 2.36. The molecule has 2 aliphatic rings. The maximum absolute atomic E-state index is 15.1. The molecule has 2 saturated carbocycles. The van der Waals surface area contributed by atoms with Crippen LogP contribution in [0.15, 0.2) is 54.6 Å². The van der Waals surface area contributed by atoms with Gasteiger partial charge < -0.3 is 0 Å². The van der Waals surface area contributed by atoms with Crippen LogP contribution < -0.4 is 0 Å². The summed E-state index contributed by atoms with van der Waals surface area (Å²) >= 11 is 1.78. The van der Waals surface area contributed by atoms with Crippen LogP contribution in [0.25, 0.3) is 21.6 Å². The first kappa shape index (κ1) is 21.9. The van der Waals surface area contributed by atoms with Crippen LogP contribution in [0, 0.1) is 17.7 Å². The number of hydrogen-bond donors (Lipinski definition) is 0. The molecule has 2 fully saturated rings. The third-order valence-electron chi connectivity index (χ3n) is 7.80. The van der Waals surface area contributed by atoms with Crippen molar-refractivity contribution < 1.29 is 4.39 Å². The molecule has 32 heavy (non-hydrogen) atoms. The van der Waals surface area contributed by atoms with Crippen LogP contribution in [0.1, 0.15) is 81.1 Å². The van der Waals surface area contributed by atoms with Gasteiger partial charge in [0.1, 0.15) is 5.82 Å². The van der Waals surface area contributed by atoms with Crippen LogP contribution in [-0.2, 0) is 6.42 Å². The van der Waals surface area contributed by atoms with Crippen molar-refractivity contribution >= 4 is 11.3 Å². The Morgan fingerprint density at radius 3 is 2.34 bits per heavy atom. The van der Waals surface area contributed by atoms with E-state index in [9.17, 15) is 0 Å². The molecule has 2 aromatic carbocycles. The summed E-state index contributed by atoms with van der Waals surface area (Å²) in [6.07, 6.45) is 13.3. The summed E-state index contributed by atoms with van der Waals surface area (Å²) in [5, 5.41) is 0. The molecule has 0 spiro atoms. The van der Waals surface area contributed by atoms with Crippen molar-refractivity contribution in [3.63, 3.8) is 0 Å². The molecule has 1 aromatic heterocycles. The first-order valence-electron chi connectivity index (χ1n) is 12.7. The van der Waals surface area contributed by atoms with Crippen molar-refractivity contribution in [3.05, 3.63) is 70.9 Å². The Balaban J connectivity index is 1.26. The van der Waals surface area contributed by atoms with Gasteiger partial charge in [-0.25, -0.2) is 4.39 Å². The highest BCUT2D eigenvalue weighted by Gasteiger charge is 2.24. The lowest BCUT2D eigenvalue weighted by atomic mass is 9.95. The molecule has 1 heterocycles. The Kier molecular flexibility index (Phi) is 6.78. The van der Waals surface area contributed by atoms with E-state index < -0.39 is 0 Å². The molecule has 2 aliphatic carbocycles. The third kappa shape index (κ3) is 4.86. The Labute approximate surface area is 196 Å². The predicted molar refractivity (Wildman–Crippen MR) is 136 cm³/mol. The Bertz CT molecular complexity index is 1030. The van der Waals surface area contributed by atoms with Gasteiger partial charge in [-0.15, -0.1) is 11.3 Å². The molecule has 0 N–H and O–H groups in total. The molecule has 0 amide bonds. The zero-order valence-corrected chi connectivity index (χ0v) is 20.1. The Morgan fingerprint density at radius 1 is 0.844 bits per heavy atom. The standard InChI is InChI=1S/C30H35FS/c1-2-5-21-8-9-22(18-21)19-27-15-17-30(32-27)28-16-14-26(20-29(28)31)25-12-10-24(11-13-25)23-6-3-4-7-23/h10-17,20-23H,2-9,18-19H2,1H3. The van der Waals surface area contributed by atoms with Gasteiger partial charge in [-0.05, 0) is 90.8 Å². The summed E-state index contributed by atoms with van der Waals surface area (Å²) in [5.41, 5.74) is 4.25. The van der Waals surface area contributed by atoms with Gasteiger partial charge in [-0.3, -0.25) is 0 Å². The van der Waals surface area contributed by atoms with Gasteiger partial charge in [-0.1, -0.05) is 69.4 Å². The molecule has 5 rings (SSSR count). The molecule has 0 nitrogen and oxygen atoms in total. The van der Waals surface area contributed by atoms with E-state index in [-0.39, 0.29) is 5.82 Å². The molecule has 2 heteroatoms. The van der Waals surface area contributed by atoms with E-state index in [1.165, 1.54) is 68.2 Å². The van der Waals surface area contributed by atoms with E-state index in [0.717, 1.165) is 45.7 Å². The fraction of sp³-hybridized carbons (Fsp3) is 0.467. The van der Waals surface area contributed by atoms with Gasteiger partial charge in [0, 0.05) is 15.3 Å². The highest BCUT2D eigenvalue weighted by molar-refractivity contribution is 7.15. The van der Waals surface area contributed by atoms with E-state index in [4.69, 9.17) is 0 Å². The Hall–Kier alpha value is -1.93. The molecule has 0 saturated heterocycles. The van der Waals surface area contributed by atoms with E-state index in [1.807, 2.05) is 6.07 Å². The highest BCUT2D eigenvalue weighted by Crippen LogP contribution is 2.39. The minimum Gasteiger partial charge on any atom is -0.206 e. The average molecular weight is 447 g/mol. The smallest absolute Gasteiger partial charge is 0.132 e. The monoisotopic (exact) mass is 446 g/mol. The van der Waals surface area contributed by atoms with Gasteiger partial charge in [-0.2, -0.15) is 0 Å². The second kappa shape index (κ2) is 9.91. The molecule has 3 aromatic rings. The van der Waals surface area contributed by atoms with Crippen molar-refractivity contribution in [1.82, 2.24) is 0 Å². The molecule has 0 aliphatic heterocycles. The lowest BCUT2D eigenvalue weighted by Gasteiger charge is -2.11. The van der Waals surface area contributed by atoms with Crippen molar-refractivity contribution in [2.45, 2.75) is 77.0 Å². The summed E-state index contributed by atoms with van der Waals surface area (Å²) in [4.78, 5) is 2.47. The molecular weight excluding hydrogens is 411 g/mol. The van der Waals surface area contributed by atoms with Gasteiger partial charge in [0.15, 0.2) is 0 Å². The van der Waals surface area contributed by atoms with E-state index >= 15 is 4.39 Å². The highest BCUT2D eigenvalue weighted by atomic mass is 32.1. The number of rotatable bonds is 7. The number of thiophene rings is 1. The normalized spacial score (nSPS) is 21.4. The van der Waals surface area contributed by atoms with Crippen molar-refractivity contribution in [1.29, 1.82) is 0 Å². The minimum absolute atomic E-state index is 0.111. The zero-order chi connectivity index (χ0) is 21.9. The number of hydrogen-bond acceptors (Lipinski definition) is 1. The second-order valence-electron chi connectivity index (χ2n) is 10.1. The van der Waals surface area contributed by atoms with Crippen molar-refractivity contribution in [3.8, 4) is 21.6 Å². The fourth-order valence-corrected chi connectivity index (χ4v) is 7.20. The van der Waals surface area contributed by atoms with Gasteiger partial charge in [0.25, 0.3) is 0 Å². The van der Waals surface area contributed by atoms with Crippen LogP contribution in [0.2, 0.25) is 0 Å². The van der Waals surface area contributed by atoms with Crippen LogP contribution in [0.5, 0.6) is 0 Å². The minimum atomic E-state index is -0.111.